The van der Waals surface area contributed by atoms with Crippen LogP contribution in [0.4, 0.5) is 5.82 Å². The summed E-state index contributed by atoms with van der Waals surface area (Å²) in [6, 6.07) is 10.8. The van der Waals surface area contributed by atoms with E-state index >= 15 is 0 Å². The summed E-state index contributed by atoms with van der Waals surface area (Å²) in [5.41, 5.74) is 7.86. The summed E-state index contributed by atoms with van der Waals surface area (Å²) < 4.78 is 17.9. The topological polar surface area (TPSA) is 93.9 Å². The Bertz CT molecular complexity index is 831. The van der Waals surface area contributed by atoms with Crippen LogP contribution in [-0.4, -0.2) is 25.8 Å². The molecule has 0 radical (unpaired) electrons. The van der Waals surface area contributed by atoms with Crippen molar-refractivity contribution < 1.29 is 8.95 Å². The summed E-state index contributed by atoms with van der Waals surface area (Å²) in [5, 5.41) is 0.424. The maximum atomic E-state index is 12.4. The second-order valence-corrected chi connectivity index (χ2v) is 6.06. The van der Waals surface area contributed by atoms with Gasteiger partial charge in [0.2, 0.25) is 0 Å². The summed E-state index contributed by atoms with van der Waals surface area (Å²) in [7, 11) is -1.31. The number of hydrogen-bond donors (Lipinski definition) is 2. The van der Waals surface area contributed by atoms with Gasteiger partial charge in [0, 0.05) is 6.07 Å². The van der Waals surface area contributed by atoms with Gasteiger partial charge in [-0.1, -0.05) is 6.07 Å². The van der Waals surface area contributed by atoms with E-state index in [1.165, 1.54) is 0 Å². The van der Waals surface area contributed by atoms with Crippen LogP contribution >= 0.6 is 0 Å². The molecule has 7 heteroatoms. The smallest absolute Gasteiger partial charge is 0.197 e. The quantitative estimate of drug-likeness (QED) is 0.753. The number of pyridine rings is 1. The van der Waals surface area contributed by atoms with Crippen LogP contribution in [0.5, 0.6) is 5.75 Å². The summed E-state index contributed by atoms with van der Waals surface area (Å²) in [5.74, 6) is 1.44. The molecular weight excluding hydrogens is 300 g/mol. The molecule has 2 aromatic heterocycles. The maximum Gasteiger partial charge on any atom is 0.197 e. The summed E-state index contributed by atoms with van der Waals surface area (Å²) in [4.78, 5) is 11.6. The molecule has 1 aromatic carbocycles. The molecule has 0 fully saturated rings. The first kappa shape index (κ1) is 14.5. The molecule has 0 aliphatic heterocycles. The molecule has 0 bridgehead atoms. The van der Waals surface area contributed by atoms with Crippen molar-refractivity contribution in [3.63, 3.8) is 0 Å². The third-order valence-corrected chi connectivity index (χ3v) is 4.25. The van der Waals surface area contributed by atoms with Gasteiger partial charge in [-0.15, -0.1) is 0 Å². The van der Waals surface area contributed by atoms with E-state index in [0.29, 0.717) is 23.3 Å². The lowest BCUT2D eigenvalue weighted by Crippen LogP contribution is -2.02. The Morgan fingerprint density at radius 1 is 1.27 bits per heavy atom. The van der Waals surface area contributed by atoms with E-state index in [4.69, 9.17) is 10.5 Å². The molecule has 22 heavy (non-hydrogen) atoms. The molecule has 3 N–H and O–H groups in total. The normalized spacial score (nSPS) is 12.4. The number of nitrogens with one attached hydrogen (secondary N) is 1. The van der Waals surface area contributed by atoms with Gasteiger partial charge in [0.1, 0.15) is 11.6 Å². The minimum Gasteiger partial charge on any atom is -0.494 e. The van der Waals surface area contributed by atoms with Crippen LogP contribution < -0.4 is 10.5 Å². The van der Waals surface area contributed by atoms with E-state index in [2.05, 4.69) is 15.0 Å². The Morgan fingerprint density at radius 3 is 2.91 bits per heavy atom. The highest BCUT2D eigenvalue weighted by molar-refractivity contribution is 7.84. The van der Waals surface area contributed by atoms with Gasteiger partial charge >= 0.3 is 0 Å². The van der Waals surface area contributed by atoms with E-state index in [9.17, 15) is 4.21 Å². The highest BCUT2D eigenvalue weighted by Crippen LogP contribution is 2.21. The molecule has 0 aliphatic rings. The number of H-pyrrole nitrogens is 1. The van der Waals surface area contributed by atoms with Gasteiger partial charge in [0.15, 0.2) is 5.16 Å². The van der Waals surface area contributed by atoms with Crippen molar-refractivity contribution in [2.45, 2.75) is 17.8 Å². The largest absolute Gasteiger partial charge is 0.494 e. The maximum absolute atomic E-state index is 12.4. The molecule has 3 aromatic rings. The number of nitrogens with two attached hydrogens (primary N) is 1. The number of rotatable bonds is 5. The number of imidazole rings is 1. The molecule has 6 nitrogen and oxygen atoms in total. The van der Waals surface area contributed by atoms with E-state index < -0.39 is 10.8 Å². The average molecular weight is 316 g/mol. The minimum atomic E-state index is -1.31. The van der Waals surface area contributed by atoms with Crippen LogP contribution in [0.15, 0.2) is 41.6 Å². The van der Waals surface area contributed by atoms with Crippen molar-refractivity contribution in [1.29, 1.82) is 0 Å². The number of nitrogen functional groups attached to an aromatic ring is 1. The third kappa shape index (κ3) is 3.09. The highest BCUT2D eigenvalue weighted by Gasteiger charge is 2.12. The molecule has 1 atom stereocenters. The number of anilines is 1. The number of nitrogens with zero attached hydrogens (tertiary/aromatic N) is 2. The lowest BCUT2D eigenvalue weighted by molar-refractivity contribution is 0.340. The van der Waals surface area contributed by atoms with E-state index in [-0.39, 0.29) is 5.75 Å². The standard InChI is InChI=1S/C15H16N4O2S/c1-2-21-11-6-7-12-13(8-11)19-15(18-12)22(20)9-10-4-3-5-14(16)17-10/h3-8H,2,9H2,1H3,(H2,16,17)(H,18,19)/t22-/m1/s1. The SMILES string of the molecule is CCOc1ccc2nc([S@](=O)Cc3cccc(N)n3)[nH]c2c1. The second-order valence-electron chi connectivity index (χ2n) is 4.70. The fourth-order valence-electron chi connectivity index (χ4n) is 2.11. The molecule has 0 spiro atoms. The number of aromatic nitrogens is 3. The van der Waals surface area contributed by atoms with Crippen molar-refractivity contribution in [1.82, 2.24) is 15.0 Å². The third-order valence-electron chi connectivity index (χ3n) is 3.07. The molecule has 3 rings (SSSR count). The van der Waals surface area contributed by atoms with Gasteiger partial charge in [0.25, 0.3) is 0 Å². The Kier molecular flexibility index (Phi) is 4.06. The summed E-state index contributed by atoms with van der Waals surface area (Å²) in [6.45, 7) is 2.52. The van der Waals surface area contributed by atoms with Crippen LogP contribution in [0.2, 0.25) is 0 Å². The molecule has 0 saturated carbocycles. The van der Waals surface area contributed by atoms with Gasteiger partial charge in [0.05, 0.1) is 39.9 Å². The van der Waals surface area contributed by atoms with Gasteiger partial charge in [-0.3, -0.25) is 4.21 Å². The zero-order chi connectivity index (χ0) is 15.5. The zero-order valence-electron chi connectivity index (χ0n) is 12.1. The first-order chi connectivity index (χ1) is 10.7. The van der Waals surface area contributed by atoms with Crippen molar-refractivity contribution in [2.75, 3.05) is 12.3 Å². The lowest BCUT2D eigenvalue weighted by Gasteiger charge is -2.01. The Morgan fingerprint density at radius 2 is 2.14 bits per heavy atom. The highest BCUT2D eigenvalue weighted by atomic mass is 32.2. The fraction of sp³-hybridized carbons (Fsp3) is 0.200. The van der Waals surface area contributed by atoms with Gasteiger partial charge in [-0.05, 0) is 31.2 Å². The van der Waals surface area contributed by atoms with Crippen LogP contribution in [-0.2, 0) is 16.6 Å². The molecular formula is C15H16N4O2S. The molecule has 0 amide bonds. The van der Waals surface area contributed by atoms with Gasteiger partial charge in [-0.2, -0.15) is 0 Å². The van der Waals surface area contributed by atoms with Crippen LogP contribution in [0, 0.1) is 0 Å². The Hall–Kier alpha value is -2.41. The first-order valence-corrected chi connectivity index (χ1v) is 8.20. The summed E-state index contributed by atoms with van der Waals surface area (Å²) in [6.07, 6.45) is 0. The molecule has 0 saturated heterocycles. The predicted molar refractivity (Wildman–Crippen MR) is 86.0 cm³/mol. The van der Waals surface area contributed by atoms with Crippen molar-refractivity contribution in [3.05, 3.63) is 42.1 Å². The molecule has 114 valence electrons. The number of benzene rings is 1. The van der Waals surface area contributed by atoms with E-state index in [1.54, 1.807) is 18.2 Å². The monoisotopic (exact) mass is 316 g/mol. The van der Waals surface area contributed by atoms with Crippen molar-refractivity contribution in [2.24, 2.45) is 0 Å². The molecule has 0 aliphatic carbocycles. The van der Waals surface area contributed by atoms with Crippen LogP contribution in [0.3, 0.4) is 0 Å². The fourth-order valence-corrected chi connectivity index (χ4v) is 3.10. The van der Waals surface area contributed by atoms with Crippen LogP contribution in [0.1, 0.15) is 12.6 Å². The number of aromatic amines is 1. The number of fused-ring (bicyclic) bond motifs is 1. The average Bonchev–Trinajstić information content (AvgIpc) is 2.91. The van der Waals surface area contributed by atoms with Gasteiger partial charge < -0.3 is 15.5 Å². The first-order valence-electron chi connectivity index (χ1n) is 6.88. The zero-order valence-corrected chi connectivity index (χ0v) is 12.9. The van der Waals surface area contributed by atoms with Gasteiger partial charge in [-0.25, -0.2) is 9.97 Å². The molecule has 2 heterocycles. The Balaban J connectivity index is 1.84. The van der Waals surface area contributed by atoms with E-state index in [1.807, 2.05) is 25.1 Å². The number of ether oxygens (including phenoxy) is 1. The number of hydrogen-bond acceptors (Lipinski definition) is 5. The van der Waals surface area contributed by atoms with Crippen molar-refractivity contribution in [3.8, 4) is 5.75 Å². The van der Waals surface area contributed by atoms with Crippen molar-refractivity contribution >= 4 is 27.7 Å². The lowest BCUT2D eigenvalue weighted by atomic mass is 10.3. The van der Waals surface area contributed by atoms with E-state index in [0.717, 1.165) is 16.8 Å². The molecule has 0 unspecified atom stereocenters. The van der Waals surface area contributed by atoms with Crippen LogP contribution in [0.25, 0.3) is 11.0 Å². The Labute approximate surface area is 130 Å². The minimum absolute atomic E-state index is 0.267. The summed E-state index contributed by atoms with van der Waals surface area (Å²) >= 11 is 0. The second kappa shape index (κ2) is 6.15. The predicted octanol–water partition coefficient (Wildman–Crippen LogP) is 2.25.